The molecule has 1 rings (SSSR count). The molecular weight excluding hydrogens is 272 g/mol. The van der Waals surface area contributed by atoms with Crippen LogP contribution in [0.15, 0.2) is 29.2 Å². The SMILES string of the molecule is C#CCCCNS(=O)(=O)c1ccc(CNCCC)cc1. The van der Waals surface area contributed by atoms with Gasteiger partial charge in [-0.15, -0.1) is 12.3 Å². The van der Waals surface area contributed by atoms with Crippen LogP contribution in [0.1, 0.15) is 31.7 Å². The number of hydrogen-bond donors (Lipinski definition) is 2. The molecular formula is C15H22N2O2S. The molecule has 0 amide bonds. The molecule has 0 bridgehead atoms. The van der Waals surface area contributed by atoms with Crippen LogP contribution < -0.4 is 10.0 Å². The second kappa shape index (κ2) is 8.75. The fourth-order valence-corrected chi connectivity index (χ4v) is 2.75. The van der Waals surface area contributed by atoms with Gasteiger partial charge in [0.2, 0.25) is 10.0 Å². The molecule has 0 heterocycles. The molecule has 4 nitrogen and oxygen atoms in total. The lowest BCUT2D eigenvalue weighted by Gasteiger charge is -2.07. The normalized spacial score (nSPS) is 11.2. The third-order valence-electron chi connectivity index (χ3n) is 2.78. The van der Waals surface area contributed by atoms with Crippen LogP contribution in [-0.4, -0.2) is 21.5 Å². The van der Waals surface area contributed by atoms with Crippen LogP contribution >= 0.6 is 0 Å². The number of rotatable bonds is 9. The van der Waals surface area contributed by atoms with Crippen LogP contribution in [0.3, 0.4) is 0 Å². The van der Waals surface area contributed by atoms with Gasteiger partial charge in [0.25, 0.3) is 0 Å². The lowest BCUT2D eigenvalue weighted by molar-refractivity contribution is 0.579. The Morgan fingerprint density at radius 1 is 1.20 bits per heavy atom. The first-order chi connectivity index (χ1) is 9.60. The summed E-state index contributed by atoms with van der Waals surface area (Å²) in [4.78, 5) is 0.289. The highest BCUT2D eigenvalue weighted by atomic mass is 32.2. The van der Waals surface area contributed by atoms with Crippen molar-refractivity contribution in [2.45, 2.75) is 37.6 Å². The van der Waals surface area contributed by atoms with E-state index >= 15 is 0 Å². The molecule has 0 unspecified atom stereocenters. The molecule has 0 atom stereocenters. The summed E-state index contributed by atoms with van der Waals surface area (Å²) in [5.74, 6) is 2.48. The van der Waals surface area contributed by atoms with Crippen LogP contribution in [0.4, 0.5) is 0 Å². The maximum Gasteiger partial charge on any atom is 0.240 e. The van der Waals surface area contributed by atoms with Gasteiger partial charge in [-0.05, 0) is 37.1 Å². The lowest BCUT2D eigenvalue weighted by Crippen LogP contribution is -2.24. The summed E-state index contributed by atoms with van der Waals surface area (Å²) in [6.45, 7) is 4.18. The van der Waals surface area contributed by atoms with Gasteiger partial charge in [-0.3, -0.25) is 0 Å². The van der Waals surface area contributed by atoms with Gasteiger partial charge in [-0.1, -0.05) is 19.1 Å². The maximum absolute atomic E-state index is 12.0. The Morgan fingerprint density at radius 3 is 2.50 bits per heavy atom. The van der Waals surface area contributed by atoms with Crippen molar-refractivity contribution < 1.29 is 8.42 Å². The number of unbranched alkanes of at least 4 members (excludes halogenated alkanes) is 1. The van der Waals surface area contributed by atoms with E-state index in [-0.39, 0.29) is 4.90 Å². The van der Waals surface area contributed by atoms with Crippen LogP contribution in [0, 0.1) is 12.3 Å². The van der Waals surface area contributed by atoms with Gasteiger partial charge < -0.3 is 5.32 Å². The highest BCUT2D eigenvalue weighted by Gasteiger charge is 2.12. The van der Waals surface area contributed by atoms with E-state index in [0.29, 0.717) is 19.4 Å². The van der Waals surface area contributed by atoms with Gasteiger partial charge in [-0.25, -0.2) is 13.1 Å². The van der Waals surface area contributed by atoms with Gasteiger partial charge in [0.1, 0.15) is 0 Å². The molecule has 0 aromatic heterocycles. The summed E-state index contributed by atoms with van der Waals surface area (Å²) in [6.07, 6.45) is 7.42. The van der Waals surface area contributed by atoms with Gasteiger partial charge in [-0.2, -0.15) is 0 Å². The first-order valence-electron chi connectivity index (χ1n) is 6.83. The number of benzene rings is 1. The van der Waals surface area contributed by atoms with E-state index in [1.165, 1.54) is 0 Å². The van der Waals surface area contributed by atoms with Crippen molar-refractivity contribution in [2.75, 3.05) is 13.1 Å². The highest BCUT2D eigenvalue weighted by molar-refractivity contribution is 7.89. The Balaban J connectivity index is 2.56. The summed E-state index contributed by atoms with van der Waals surface area (Å²) >= 11 is 0. The third kappa shape index (κ3) is 5.74. The number of hydrogen-bond acceptors (Lipinski definition) is 3. The summed E-state index contributed by atoms with van der Waals surface area (Å²) in [5.41, 5.74) is 1.07. The molecule has 0 aliphatic heterocycles. The molecule has 110 valence electrons. The molecule has 0 aliphatic rings. The quantitative estimate of drug-likeness (QED) is 0.540. The summed E-state index contributed by atoms with van der Waals surface area (Å²) in [6, 6.07) is 6.93. The molecule has 0 saturated carbocycles. The molecule has 1 aromatic rings. The Bertz CT molecular complexity index is 530. The summed E-state index contributed by atoms with van der Waals surface area (Å²) < 4.78 is 26.5. The first kappa shape index (κ1) is 16.7. The van der Waals surface area contributed by atoms with Crippen molar-refractivity contribution >= 4 is 10.0 Å². The molecule has 0 spiro atoms. The largest absolute Gasteiger partial charge is 0.313 e. The lowest BCUT2D eigenvalue weighted by atomic mass is 10.2. The van der Waals surface area contributed by atoms with Crippen LogP contribution in [0.2, 0.25) is 0 Å². The Morgan fingerprint density at radius 2 is 1.90 bits per heavy atom. The van der Waals surface area contributed by atoms with Crippen molar-refractivity contribution in [2.24, 2.45) is 0 Å². The second-order valence-electron chi connectivity index (χ2n) is 4.53. The monoisotopic (exact) mass is 294 g/mol. The molecule has 5 heteroatoms. The second-order valence-corrected chi connectivity index (χ2v) is 6.29. The first-order valence-corrected chi connectivity index (χ1v) is 8.31. The zero-order valence-corrected chi connectivity index (χ0v) is 12.7. The molecule has 2 N–H and O–H groups in total. The summed E-state index contributed by atoms with van der Waals surface area (Å²) in [5, 5.41) is 3.27. The van der Waals surface area contributed by atoms with E-state index in [9.17, 15) is 8.42 Å². The van der Waals surface area contributed by atoms with E-state index in [4.69, 9.17) is 6.42 Å². The van der Waals surface area contributed by atoms with E-state index in [2.05, 4.69) is 22.9 Å². The minimum absolute atomic E-state index is 0.289. The smallest absolute Gasteiger partial charge is 0.240 e. The van der Waals surface area contributed by atoms with Crippen molar-refractivity contribution in [1.29, 1.82) is 0 Å². The molecule has 0 aliphatic carbocycles. The van der Waals surface area contributed by atoms with Crippen molar-refractivity contribution in [1.82, 2.24) is 10.0 Å². The van der Waals surface area contributed by atoms with E-state index < -0.39 is 10.0 Å². The standard InChI is InChI=1S/C15H22N2O2S/c1-3-5-6-12-17-20(18,19)15-9-7-14(8-10-15)13-16-11-4-2/h1,7-10,16-17H,4-6,11-13H2,2H3. The van der Waals surface area contributed by atoms with Crippen LogP contribution in [0.25, 0.3) is 0 Å². The van der Waals surface area contributed by atoms with Crippen LogP contribution in [-0.2, 0) is 16.6 Å². The van der Waals surface area contributed by atoms with Gasteiger partial charge in [0, 0.05) is 19.5 Å². The van der Waals surface area contributed by atoms with Gasteiger partial charge >= 0.3 is 0 Å². The number of nitrogens with one attached hydrogen (secondary N) is 2. The van der Waals surface area contributed by atoms with E-state index in [1.807, 2.05) is 12.1 Å². The molecule has 0 fully saturated rings. The summed E-state index contributed by atoms with van der Waals surface area (Å²) in [7, 11) is -3.42. The Labute approximate surface area is 122 Å². The van der Waals surface area contributed by atoms with Crippen molar-refractivity contribution in [3.63, 3.8) is 0 Å². The predicted molar refractivity (Wildman–Crippen MR) is 81.7 cm³/mol. The Hall–Kier alpha value is -1.35. The third-order valence-corrected chi connectivity index (χ3v) is 4.26. The Kier molecular flexibility index (Phi) is 7.31. The van der Waals surface area contributed by atoms with E-state index in [1.54, 1.807) is 12.1 Å². The maximum atomic E-state index is 12.0. The zero-order chi connectivity index (χ0) is 14.8. The van der Waals surface area contributed by atoms with Crippen molar-refractivity contribution in [3.05, 3.63) is 29.8 Å². The molecule has 20 heavy (non-hydrogen) atoms. The average molecular weight is 294 g/mol. The van der Waals surface area contributed by atoms with Crippen LogP contribution in [0.5, 0.6) is 0 Å². The van der Waals surface area contributed by atoms with Crippen molar-refractivity contribution in [3.8, 4) is 12.3 Å². The molecule has 0 saturated heterocycles. The average Bonchev–Trinajstić information content (AvgIpc) is 2.45. The fourth-order valence-electron chi connectivity index (χ4n) is 1.68. The minimum Gasteiger partial charge on any atom is -0.313 e. The van der Waals surface area contributed by atoms with Gasteiger partial charge in [0.05, 0.1) is 4.90 Å². The number of terminal acetylenes is 1. The van der Waals surface area contributed by atoms with Gasteiger partial charge in [0.15, 0.2) is 0 Å². The van der Waals surface area contributed by atoms with E-state index in [0.717, 1.165) is 25.1 Å². The fraction of sp³-hybridized carbons (Fsp3) is 0.467. The predicted octanol–water partition coefficient (Wildman–Crippen LogP) is 1.88. The topological polar surface area (TPSA) is 58.2 Å². The highest BCUT2D eigenvalue weighted by Crippen LogP contribution is 2.10. The zero-order valence-electron chi connectivity index (χ0n) is 11.9. The minimum atomic E-state index is -3.42. The number of sulfonamides is 1. The molecule has 0 radical (unpaired) electrons. The molecule has 1 aromatic carbocycles.